The van der Waals surface area contributed by atoms with E-state index in [9.17, 15) is 14.3 Å². The Kier molecular flexibility index (Phi) is 7.59. The molecule has 0 aliphatic heterocycles. The van der Waals surface area contributed by atoms with Gasteiger partial charge < -0.3 is 5.11 Å². The Morgan fingerprint density at radius 3 is 2.27 bits per heavy atom. The summed E-state index contributed by atoms with van der Waals surface area (Å²) in [4.78, 5) is 11.6. The Morgan fingerprint density at radius 1 is 0.879 bits per heavy atom. The number of halogens is 1. The molecule has 1 aliphatic rings. The van der Waals surface area contributed by atoms with Gasteiger partial charge >= 0.3 is 5.97 Å². The summed E-state index contributed by atoms with van der Waals surface area (Å²) in [6.07, 6.45) is 10.5. The second-order valence-electron chi connectivity index (χ2n) is 9.38. The Morgan fingerprint density at radius 2 is 1.61 bits per heavy atom. The molecule has 4 rings (SSSR count). The molecule has 0 amide bonds. The van der Waals surface area contributed by atoms with E-state index >= 15 is 0 Å². The van der Waals surface area contributed by atoms with Gasteiger partial charge in [0.15, 0.2) is 0 Å². The molecule has 0 atom stereocenters. The second kappa shape index (κ2) is 10.8. The Hall–Kier alpha value is -2.94. The number of hydrogen-bond acceptors (Lipinski definition) is 1. The van der Waals surface area contributed by atoms with E-state index in [0.717, 1.165) is 17.0 Å². The maximum absolute atomic E-state index is 14.6. The van der Waals surface area contributed by atoms with E-state index in [1.807, 2.05) is 0 Å². The first kappa shape index (κ1) is 23.2. The molecule has 1 N–H and O–H groups in total. The summed E-state index contributed by atoms with van der Waals surface area (Å²) in [5.74, 6) is 0.185. The number of aromatic carboxylic acids is 1. The van der Waals surface area contributed by atoms with Gasteiger partial charge in [0.25, 0.3) is 0 Å². The van der Waals surface area contributed by atoms with E-state index in [4.69, 9.17) is 0 Å². The summed E-state index contributed by atoms with van der Waals surface area (Å²) in [6.45, 7) is 2.26. The van der Waals surface area contributed by atoms with Crippen LogP contribution in [0.15, 0.2) is 66.7 Å². The van der Waals surface area contributed by atoms with Crippen LogP contribution in [0.2, 0.25) is 0 Å². The minimum atomic E-state index is -0.983. The van der Waals surface area contributed by atoms with Crippen molar-refractivity contribution in [3.63, 3.8) is 0 Å². The Labute approximate surface area is 196 Å². The van der Waals surface area contributed by atoms with Crippen LogP contribution < -0.4 is 0 Å². The number of carboxylic acids is 1. The average Bonchev–Trinajstić information content (AvgIpc) is 2.85. The molecule has 1 aliphatic carbocycles. The summed E-state index contributed by atoms with van der Waals surface area (Å²) >= 11 is 0. The van der Waals surface area contributed by atoms with Crippen molar-refractivity contribution in [3.8, 4) is 22.3 Å². The first-order valence-electron chi connectivity index (χ1n) is 12.3. The second-order valence-corrected chi connectivity index (χ2v) is 9.38. The number of carboxylic acid groups (broad SMARTS) is 1. The first-order chi connectivity index (χ1) is 16.1. The molecular formula is C30H33FO2. The van der Waals surface area contributed by atoms with Crippen LogP contribution in [-0.4, -0.2) is 11.1 Å². The van der Waals surface area contributed by atoms with E-state index in [-0.39, 0.29) is 11.4 Å². The summed E-state index contributed by atoms with van der Waals surface area (Å²) in [5, 5.41) is 9.50. The topological polar surface area (TPSA) is 37.3 Å². The highest BCUT2D eigenvalue weighted by Crippen LogP contribution is 2.39. The number of unbranched alkanes of at least 4 members (excludes halogenated alkanes) is 2. The minimum absolute atomic E-state index is 0.204. The van der Waals surface area contributed by atoms with Crippen LogP contribution >= 0.6 is 0 Å². The van der Waals surface area contributed by atoms with Crippen molar-refractivity contribution < 1.29 is 14.3 Å². The third kappa shape index (κ3) is 5.52. The van der Waals surface area contributed by atoms with Crippen LogP contribution in [0.25, 0.3) is 22.3 Å². The smallest absolute Gasteiger partial charge is 0.335 e. The van der Waals surface area contributed by atoms with Crippen molar-refractivity contribution in [3.05, 3.63) is 83.7 Å². The summed E-state index contributed by atoms with van der Waals surface area (Å²) in [7, 11) is 0. The molecule has 0 heterocycles. The van der Waals surface area contributed by atoms with Crippen molar-refractivity contribution in [2.75, 3.05) is 0 Å². The van der Waals surface area contributed by atoms with Gasteiger partial charge in [0.1, 0.15) is 5.82 Å². The molecule has 0 radical (unpaired) electrons. The van der Waals surface area contributed by atoms with E-state index in [2.05, 4.69) is 31.2 Å². The average molecular weight is 445 g/mol. The highest BCUT2D eigenvalue weighted by atomic mass is 19.1. The van der Waals surface area contributed by atoms with Gasteiger partial charge in [0, 0.05) is 5.56 Å². The molecule has 33 heavy (non-hydrogen) atoms. The molecule has 2 nitrogen and oxygen atoms in total. The standard InChI is InChI=1S/C30H33FO2/c1-2-3-4-7-21-10-12-22(13-11-21)23-14-16-24(17-15-23)28-20-25(30(32)33)18-19-26(28)27-8-5-6-9-29(27)31/h5-6,8-9,14-22H,2-4,7,10-13H2,1H3,(H,32,33). The van der Waals surface area contributed by atoms with Crippen LogP contribution in [0, 0.1) is 11.7 Å². The van der Waals surface area contributed by atoms with Gasteiger partial charge in [-0.15, -0.1) is 0 Å². The number of carbonyl (C=O) groups is 1. The van der Waals surface area contributed by atoms with Gasteiger partial charge in [-0.1, -0.05) is 81.1 Å². The van der Waals surface area contributed by atoms with E-state index < -0.39 is 5.97 Å². The Bertz CT molecular complexity index is 1080. The van der Waals surface area contributed by atoms with Crippen molar-refractivity contribution in [1.29, 1.82) is 0 Å². The normalized spacial score (nSPS) is 18.2. The zero-order valence-electron chi connectivity index (χ0n) is 19.4. The molecule has 0 aromatic heterocycles. The van der Waals surface area contributed by atoms with Crippen molar-refractivity contribution in [2.45, 2.75) is 64.2 Å². The largest absolute Gasteiger partial charge is 0.478 e. The molecule has 3 heteroatoms. The minimum Gasteiger partial charge on any atom is -0.478 e. The van der Waals surface area contributed by atoms with Crippen molar-refractivity contribution in [1.82, 2.24) is 0 Å². The van der Waals surface area contributed by atoms with E-state index in [1.54, 1.807) is 36.4 Å². The van der Waals surface area contributed by atoms with Gasteiger partial charge in [-0.2, -0.15) is 0 Å². The third-order valence-corrected chi connectivity index (χ3v) is 7.19. The molecule has 1 fully saturated rings. The molecule has 0 unspecified atom stereocenters. The fourth-order valence-corrected chi connectivity index (χ4v) is 5.23. The molecule has 3 aromatic carbocycles. The summed E-state index contributed by atoms with van der Waals surface area (Å²) in [5.41, 5.74) is 4.40. The molecule has 0 spiro atoms. The van der Waals surface area contributed by atoms with Gasteiger partial charge in [0.2, 0.25) is 0 Å². The lowest BCUT2D eigenvalue weighted by Gasteiger charge is -2.29. The molecule has 3 aromatic rings. The molecule has 1 saturated carbocycles. The van der Waals surface area contributed by atoms with Gasteiger partial charge in [-0.3, -0.25) is 0 Å². The zero-order chi connectivity index (χ0) is 23.2. The number of hydrogen-bond donors (Lipinski definition) is 1. The fraction of sp³-hybridized carbons (Fsp3) is 0.367. The van der Waals surface area contributed by atoms with Crippen molar-refractivity contribution in [2.24, 2.45) is 5.92 Å². The first-order valence-corrected chi connectivity index (χ1v) is 12.3. The Balaban J connectivity index is 1.56. The fourth-order valence-electron chi connectivity index (χ4n) is 5.23. The van der Waals surface area contributed by atoms with Crippen molar-refractivity contribution >= 4 is 5.97 Å². The van der Waals surface area contributed by atoms with Gasteiger partial charge in [-0.05, 0) is 78.0 Å². The lowest BCUT2D eigenvalue weighted by atomic mass is 9.77. The summed E-state index contributed by atoms with van der Waals surface area (Å²) in [6, 6.07) is 20.0. The molecule has 0 saturated heterocycles. The highest BCUT2D eigenvalue weighted by Gasteiger charge is 2.22. The molecule has 172 valence electrons. The zero-order valence-corrected chi connectivity index (χ0v) is 19.4. The van der Waals surface area contributed by atoms with E-state index in [0.29, 0.717) is 17.0 Å². The van der Waals surface area contributed by atoms with Crippen LogP contribution in [0.1, 0.15) is 80.1 Å². The van der Waals surface area contributed by atoms with Crippen LogP contribution in [-0.2, 0) is 0 Å². The highest BCUT2D eigenvalue weighted by molar-refractivity contribution is 5.93. The van der Waals surface area contributed by atoms with Gasteiger partial charge in [-0.25, -0.2) is 9.18 Å². The quantitative estimate of drug-likeness (QED) is 0.353. The monoisotopic (exact) mass is 444 g/mol. The lowest BCUT2D eigenvalue weighted by molar-refractivity contribution is 0.0697. The molecular weight excluding hydrogens is 411 g/mol. The predicted molar refractivity (Wildman–Crippen MR) is 133 cm³/mol. The number of benzene rings is 3. The summed E-state index contributed by atoms with van der Waals surface area (Å²) < 4.78 is 14.6. The lowest BCUT2D eigenvalue weighted by Crippen LogP contribution is -2.13. The van der Waals surface area contributed by atoms with Crippen LogP contribution in [0.5, 0.6) is 0 Å². The molecule has 0 bridgehead atoms. The third-order valence-electron chi connectivity index (χ3n) is 7.19. The maximum atomic E-state index is 14.6. The maximum Gasteiger partial charge on any atom is 0.335 e. The predicted octanol–water partition coefficient (Wildman–Crippen LogP) is 8.71. The van der Waals surface area contributed by atoms with Crippen LogP contribution in [0.4, 0.5) is 4.39 Å². The number of rotatable bonds is 8. The van der Waals surface area contributed by atoms with E-state index in [1.165, 1.54) is 63.0 Å². The van der Waals surface area contributed by atoms with Gasteiger partial charge in [0.05, 0.1) is 5.56 Å². The van der Waals surface area contributed by atoms with Crippen LogP contribution in [0.3, 0.4) is 0 Å². The SMILES string of the molecule is CCCCCC1CCC(c2ccc(-c3cc(C(=O)O)ccc3-c3ccccc3F)cc2)CC1.